The summed E-state index contributed by atoms with van der Waals surface area (Å²) in [6.45, 7) is 2.20. The number of nitrogens with one attached hydrogen (secondary N) is 1. The van der Waals surface area contributed by atoms with Gasteiger partial charge in [0.25, 0.3) is 0 Å². The molecule has 1 unspecified atom stereocenters. The Balaban J connectivity index is 2.29. The van der Waals surface area contributed by atoms with Gasteiger partial charge in [0.15, 0.2) is 0 Å². The van der Waals surface area contributed by atoms with Crippen LogP contribution in [0.2, 0.25) is 0 Å². The zero-order valence-electron chi connectivity index (χ0n) is 9.91. The van der Waals surface area contributed by atoms with E-state index in [1.54, 1.807) is 7.11 Å². The molecular formula is C13H17NOS. The van der Waals surface area contributed by atoms with Crippen molar-refractivity contribution >= 4 is 21.4 Å². The van der Waals surface area contributed by atoms with Gasteiger partial charge >= 0.3 is 0 Å². The molecule has 0 radical (unpaired) electrons. The van der Waals surface area contributed by atoms with E-state index in [2.05, 4.69) is 30.4 Å². The first-order chi connectivity index (χ1) is 7.72. The average Bonchev–Trinajstić information content (AvgIpc) is 2.69. The van der Waals surface area contributed by atoms with Crippen LogP contribution in [0.1, 0.15) is 11.8 Å². The number of methoxy groups -OCH3 is 1. The number of hydrogen-bond donors (Lipinski definition) is 1. The quantitative estimate of drug-likeness (QED) is 0.879. The van der Waals surface area contributed by atoms with Gasteiger partial charge in [0.2, 0.25) is 0 Å². The van der Waals surface area contributed by atoms with Crippen LogP contribution in [-0.4, -0.2) is 20.2 Å². The molecule has 1 aromatic carbocycles. The third-order valence-electron chi connectivity index (χ3n) is 2.77. The molecule has 2 aromatic rings. The van der Waals surface area contributed by atoms with Crippen molar-refractivity contribution < 1.29 is 4.74 Å². The summed E-state index contributed by atoms with van der Waals surface area (Å²) >= 11 is 1.86. The Hall–Kier alpha value is -1.06. The summed E-state index contributed by atoms with van der Waals surface area (Å²) in [6.07, 6.45) is 1.08. The van der Waals surface area contributed by atoms with E-state index in [1.165, 1.54) is 15.0 Å². The summed E-state index contributed by atoms with van der Waals surface area (Å²) in [7, 11) is 3.71. The molecule has 1 heterocycles. The van der Waals surface area contributed by atoms with E-state index in [9.17, 15) is 0 Å². The highest BCUT2D eigenvalue weighted by molar-refractivity contribution is 7.19. The van der Waals surface area contributed by atoms with Crippen molar-refractivity contribution in [2.45, 2.75) is 19.4 Å². The second-order valence-electron chi connectivity index (χ2n) is 4.01. The van der Waals surface area contributed by atoms with E-state index in [0.29, 0.717) is 6.04 Å². The number of rotatable bonds is 4. The fourth-order valence-corrected chi connectivity index (χ4v) is 2.88. The predicted octanol–water partition coefficient (Wildman–Crippen LogP) is 3.06. The summed E-state index contributed by atoms with van der Waals surface area (Å²) in [5, 5.41) is 4.54. The van der Waals surface area contributed by atoms with Crippen LogP contribution in [0.15, 0.2) is 24.3 Å². The molecule has 2 nitrogen and oxygen atoms in total. The second-order valence-corrected chi connectivity index (χ2v) is 5.18. The third-order valence-corrected chi connectivity index (χ3v) is 3.91. The number of ether oxygens (including phenoxy) is 1. The van der Waals surface area contributed by atoms with Gasteiger partial charge < -0.3 is 10.1 Å². The van der Waals surface area contributed by atoms with Crippen molar-refractivity contribution in [1.82, 2.24) is 5.32 Å². The molecule has 1 N–H and O–H groups in total. The maximum absolute atomic E-state index is 5.23. The molecule has 1 atom stereocenters. The molecule has 2 rings (SSSR count). The minimum Gasteiger partial charge on any atom is -0.497 e. The van der Waals surface area contributed by atoms with Crippen LogP contribution in [0.25, 0.3) is 10.1 Å². The van der Waals surface area contributed by atoms with Crippen LogP contribution in [0, 0.1) is 0 Å². The lowest BCUT2D eigenvalue weighted by atomic mass is 10.2. The zero-order chi connectivity index (χ0) is 11.5. The zero-order valence-corrected chi connectivity index (χ0v) is 10.7. The number of likely N-dealkylation sites (N-methyl/N-ethyl adjacent to an activating group) is 1. The molecule has 1 aromatic heterocycles. The minimum atomic E-state index is 0.523. The van der Waals surface area contributed by atoms with E-state index >= 15 is 0 Å². The summed E-state index contributed by atoms with van der Waals surface area (Å²) in [5.41, 5.74) is 0. The van der Waals surface area contributed by atoms with Crippen LogP contribution in [0.5, 0.6) is 5.75 Å². The van der Waals surface area contributed by atoms with E-state index < -0.39 is 0 Å². The fourth-order valence-electron chi connectivity index (χ4n) is 1.71. The van der Waals surface area contributed by atoms with Gasteiger partial charge in [0.1, 0.15) is 5.75 Å². The molecule has 0 saturated heterocycles. The van der Waals surface area contributed by atoms with Gasteiger partial charge in [0, 0.05) is 15.6 Å². The summed E-state index contributed by atoms with van der Waals surface area (Å²) < 4.78 is 6.56. The molecule has 0 spiro atoms. The van der Waals surface area contributed by atoms with Crippen molar-refractivity contribution in [1.29, 1.82) is 0 Å². The van der Waals surface area contributed by atoms with Crippen LogP contribution in [0.3, 0.4) is 0 Å². The molecule has 0 fully saturated rings. The predicted molar refractivity (Wildman–Crippen MR) is 70.6 cm³/mol. The van der Waals surface area contributed by atoms with E-state index in [0.717, 1.165) is 12.2 Å². The smallest absolute Gasteiger partial charge is 0.119 e. The van der Waals surface area contributed by atoms with Crippen molar-refractivity contribution in [3.8, 4) is 5.75 Å². The lowest BCUT2D eigenvalue weighted by molar-refractivity contribution is 0.415. The van der Waals surface area contributed by atoms with Gasteiger partial charge in [-0.1, -0.05) is 0 Å². The lowest BCUT2D eigenvalue weighted by Crippen LogP contribution is -2.22. The van der Waals surface area contributed by atoms with Crippen molar-refractivity contribution in [2.75, 3.05) is 14.2 Å². The second kappa shape index (κ2) is 4.85. The van der Waals surface area contributed by atoms with Crippen LogP contribution < -0.4 is 10.1 Å². The monoisotopic (exact) mass is 235 g/mol. The Morgan fingerprint density at radius 3 is 2.88 bits per heavy atom. The molecule has 16 heavy (non-hydrogen) atoms. The molecule has 0 aliphatic heterocycles. The van der Waals surface area contributed by atoms with Crippen molar-refractivity contribution in [3.05, 3.63) is 29.1 Å². The van der Waals surface area contributed by atoms with E-state index in [-0.39, 0.29) is 0 Å². The highest BCUT2D eigenvalue weighted by Crippen LogP contribution is 2.29. The van der Waals surface area contributed by atoms with Gasteiger partial charge in [-0.15, -0.1) is 11.3 Å². The highest BCUT2D eigenvalue weighted by atomic mass is 32.1. The van der Waals surface area contributed by atoms with Crippen molar-refractivity contribution in [2.24, 2.45) is 0 Å². The molecule has 0 aliphatic rings. The van der Waals surface area contributed by atoms with Gasteiger partial charge in [-0.25, -0.2) is 0 Å². The molecule has 0 bridgehead atoms. The molecule has 86 valence electrons. The Bertz CT molecular complexity index is 478. The Morgan fingerprint density at radius 2 is 2.19 bits per heavy atom. The third kappa shape index (κ3) is 2.36. The average molecular weight is 235 g/mol. The topological polar surface area (TPSA) is 21.3 Å². The molecule has 0 aliphatic carbocycles. The maximum atomic E-state index is 5.23. The number of thiophene rings is 1. The minimum absolute atomic E-state index is 0.523. The first-order valence-corrected chi connectivity index (χ1v) is 6.28. The fraction of sp³-hybridized carbons (Fsp3) is 0.385. The Morgan fingerprint density at radius 1 is 1.38 bits per heavy atom. The van der Waals surface area contributed by atoms with Crippen LogP contribution in [-0.2, 0) is 6.42 Å². The number of hydrogen-bond acceptors (Lipinski definition) is 3. The molecule has 3 heteroatoms. The standard InChI is InChI=1S/C13H17NOS/c1-9(14-2)6-12-8-10-7-11(15-3)4-5-13(10)16-12/h4-5,7-9,14H,6H2,1-3H3. The maximum Gasteiger partial charge on any atom is 0.119 e. The molecular weight excluding hydrogens is 218 g/mol. The van der Waals surface area contributed by atoms with Gasteiger partial charge in [0.05, 0.1) is 7.11 Å². The summed E-state index contributed by atoms with van der Waals surface area (Å²) in [5.74, 6) is 0.929. The number of fused-ring (bicyclic) bond motifs is 1. The van der Waals surface area contributed by atoms with Crippen LogP contribution in [0.4, 0.5) is 0 Å². The van der Waals surface area contributed by atoms with Gasteiger partial charge in [-0.2, -0.15) is 0 Å². The lowest BCUT2D eigenvalue weighted by Gasteiger charge is -2.06. The van der Waals surface area contributed by atoms with E-state index in [1.807, 2.05) is 24.5 Å². The largest absolute Gasteiger partial charge is 0.497 e. The van der Waals surface area contributed by atoms with Gasteiger partial charge in [-0.3, -0.25) is 0 Å². The highest BCUT2D eigenvalue weighted by Gasteiger charge is 2.06. The Kier molecular flexibility index (Phi) is 3.46. The van der Waals surface area contributed by atoms with Crippen molar-refractivity contribution in [3.63, 3.8) is 0 Å². The summed E-state index contributed by atoms with van der Waals surface area (Å²) in [6, 6.07) is 9.03. The summed E-state index contributed by atoms with van der Waals surface area (Å²) in [4.78, 5) is 1.42. The Labute approximate surface area is 100 Å². The molecule has 0 amide bonds. The molecule has 0 saturated carbocycles. The van der Waals surface area contributed by atoms with Crippen LogP contribution >= 0.6 is 11.3 Å². The SMILES string of the molecule is CNC(C)Cc1cc2cc(OC)ccc2s1. The first-order valence-electron chi connectivity index (χ1n) is 5.46. The number of benzene rings is 1. The van der Waals surface area contributed by atoms with E-state index in [4.69, 9.17) is 4.74 Å². The first kappa shape index (κ1) is 11.4. The normalized spacial score (nSPS) is 12.9. The van der Waals surface area contributed by atoms with Gasteiger partial charge in [-0.05, 0) is 50.0 Å².